The monoisotopic (exact) mass is 742 g/mol. The van der Waals surface area contributed by atoms with Crippen molar-refractivity contribution in [1.29, 1.82) is 5.26 Å². The minimum absolute atomic E-state index is 0.0240. The minimum atomic E-state index is -1.36. The van der Waals surface area contributed by atoms with Crippen molar-refractivity contribution in [2.75, 3.05) is 39.9 Å². The molecule has 2 fully saturated rings. The molecule has 7 atom stereocenters. The summed E-state index contributed by atoms with van der Waals surface area (Å²) in [5, 5.41) is 40.2. The molecule has 0 aromatic heterocycles. The van der Waals surface area contributed by atoms with Gasteiger partial charge in [-0.05, 0) is 61.1 Å². The van der Waals surface area contributed by atoms with Gasteiger partial charge < -0.3 is 44.0 Å². The maximum atomic E-state index is 14.6. The van der Waals surface area contributed by atoms with Gasteiger partial charge in [0.25, 0.3) is 6.47 Å². The molecule has 1 spiro atoms. The number of carbonyl (C=O) groups is 2. The third-order valence-corrected chi connectivity index (χ3v) is 13.3. The predicted molar refractivity (Wildman–Crippen MR) is 189 cm³/mol. The lowest BCUT2D eigenvalue weighted by molar-refractivity contribution is -0.155. The average molecular weight is 743 g/mol. The third-order valence-electron chi connectivity index (χ3n) is 11.8. The third kappa shape index (κ3) is 4.62. The summed E-state index contributed by atoms with van der Waals surface area (Å²) in [5.74, 6) is 1.41. The Hall–Kier alpha value is -4.88. The standard InChI is InChI=1S/C38H38N4O10S/c1-16-7-19-8-21-22(11-39)42-23-12-49-37(46)38(20-10-25(47-3)24(44)9-18(20)5-6-40-38)13-53-36(30(42)29(41-21)26(19)31(45)32(16)48-4)28-27(23)35-34(51-15-52-35)17(2)33(28)50-14-43/h7,9-10,14,21-23,29-30,36,40-41,44-45H,5-6,8,12-13,15H2,1-4H3/t21-,22-,23-,29+,30+,36+,38+/m0/s1. The number of piperazine rings is 1. The molecule has 0 aliphatic carbocycles. The van der Waals surface area contributed by atoms with Gasteiger partial charge in [-0.15, -0.1) is 11.8 Å². The number of phenols is 2. The van der Waals surface area contributed by atoms with Crippen LogP contribution in [0.3, 0.4) is 0 Å². The lowest BCUT2D eigenvalue weighted by Crippen LogP contribution is -2.69. The SMILES string of the molecule is COc1cc2c(cc1O)CCN[C@]21CS[C@@H]2c3c(OC=O)c(C)c4c(c3[C@H](COC1=O)N1[C@@H]2[C@@H]2N[C@@H](Cc3cc(C)c(OC)c(O)c32)[C@@H]1C#N)OCO4. The van der Waals surface area contributed by atoms with E-state index in [2.05, 4.69) is 21.6 Å². The number of fused-ring (bicyclic) bond motifs is 9. The molecule has 15 heteroatoms. The largest absolute Gasteiger partial charge is 0.504 e. The summed E-state index contributed by atoms with van der Waals surface area (Å²) < 4.78 is 35.5. The second-order valence-corrected chi connectivity index (χ2v) is 15.4. The Kier molecular flexibility index (Phi) is 7.90. The highest BCUT2D eigenvalue weighted by molar-refractivity contribution is 7.99. The van der Waals surface area contributed by atoms with Crippen molar-refractivity contribution in [3.63, 3.8) is 0 Å². The molecule has 3 aromatic carbocycles. The van der Waals surface area contributed by atoms with Crippen LogP contribution in [0.2, 0.25) is 0 Å². The Labute approximate surface area is 309 Å². The molecule has 0 saturated carbocycles. The van der Waals surface area contributed by atoms with Crippen LogP contribution in [0.5, 0.6) is 40.2 Å². The van der Waals surface area contributed by atoms with Crippen LogP contribution in [0.25, 0.3) is 0 Å². The van der Waals surface area contributed by atoms with Crippen molar-refractivity contribution < 1.29 is 48.2 Å². The Balaban J connectivity index is 1.31. The van der Waals surface area contributed by atoms with Gasteiger partial charge in [-0.2, -0.15) is 5.26 Å². The second kappa shape index (κ2) is 12.3. The fourth-order valence-electron chi connectivity index (χ4n) is 9.71. The highest BCUT2D eigenvalue weighted by Gasteiger charge is 2.60. The van der Waals surface area contributed by atoms with Crippen molar-refractivity contribution in [1.82, 2.24) is 15.5 Å². The molecule has 276 valence electrons. The van der Waals surface area contributed by atoms with Gasteiger partial charge in [0.05, 0.1) is 37.6 Å². The number of aryl methyl sites for hydroxylation is 1. The summed E-state index contributed by atoms with van der Waals surface area (Å²) in [6, 6.07) is 5.06. The van der Waals surface area contributed by atoms with E-state index in [0.29, 0.717) is 76.7 Å². The second-order valence-electron chi connectivity index (χ2n) is 14.3. The molecule has 0 unspecified atom stereocenters. The fraction of sp³-hybridized carbons (Fsp3) is 0.447. The van der Waals surface area contributed by atoms with E-state index in [9.17, 15) is 25.1 Å². The van der Waals surface area contributed by atoms with E-state index in [1.807, 2.05) is 19.9 Å². The predicted octanol–water partition coefficient (Wildman–Crippen LogP) is 3.25. The summed E-state index contributed by atoms with van der Waals surface area (Å²) in [6.07, 6.45) is 1.03. The number of esters is 1. The molecule has 4 bridgehead atoms. The van der Waals surface area contributed by atoms with Gasteiger partial charge in [0, 0.05) is 46.6 Å². The van der Waals surface area contributed by atoms with E-state index in [4.69, 9.17) is 28.4 Å². The first-order valence-electron chi connectivity index (χ1n) is 17.5. The number of hydrogen-bond acceptors (Lipinski definition) is 15. The van der Waals surface area contributed by atoms with E-state index in [1.54, 1.807) is 12.1 Å². The normalized spacial score (nSPS) is 29.2. The van der Waals surface area contributed by atoms with Gasteiger partial charge in [0.2, 0.25) is 6.79 Å². The molecule has 2 saturated heterocycles. The highest BCUT2D eigenvalue weighted by Crippen LogP contribution is 2.63. The van der Waals surface area contributed by atoms with Gasteiger partial charge in [-0.25, -0.2) is 4.79 Å². The highest BCUT2D eigenvalue weighted by atomic mass is 32.2. The van der Waals surface area contributed by atoms with Crippen LogP contribution >= 0.6 is 11.8 Å². The van der Waals surface area contributed by atoms with Gasteiger partial charge in [-0.1, -0.05) is 6.07 Å². The van der Waals surface area contributed by atoms with Crippen LogP contribution < -0.4 is 34.3 Å². The molecular weight excluding hydrogens is 705 g/mol. The zero-order chi connectivity index (χ0) is 36.9. The summed E-state index contributed by atoms with van der Waals surface area (Å²) in [6.45, 7) is 4.28. The van der Waals surface area contributed by atoms with Crippen LogP contribution in [0.15, 0.2) is 18.2 Å². The smallest absolute Gasteiger partial charge is 0.331 e. The molecule has 7 heterocycles. The van der Waals surface area contributed by atoms with Gasteiger partial charge in [0.1, 0.15) is 18.4 Å². The molecular formula is C38H38N4O10S. The number of ether oxygens (including phenoxy) is 6. The van der Waals surface area contributed by atoms with Gasteiger partial charge in [-0.3, -0.25) is 15.0 Å². The van der Waals surface area contributed by atoms with Crippen molar-refractivity contribution in [3.8, 4) is 46.3 Å². The number of thioether (sulfide) groups is 1. The van der Waals surface area contributed by atoms with Crippen LogP contribution in [0, 0.1) is 25.2 Å². The van der Waals surface area contributed by atoms with E-state index in [-0.39, 0.29) is 42.4 Å². The topological polar surface area (TPSA) is 181 Å². The van der Waals surface area contributed by atoms with E-state index in [0.717, 1.165) is 16.7 Å². The molecule has 7 aliphatic heterocycles. The van der Waals surface area contributed by atoms with Gasteiger partial charge >= 0.3 is 5.97 Å². The Bertz CT molecular complexity index is 2140. The first-order valence-corrected chi connectivity index (χ1v) is 18.5. The van der Waals surface area contributed by atoms with Crippen LogP contribution in [-0.2, 0) is 32.7 Å². The van der Waals surface area contributed by atoms with Crippen molar-refractivity contribution in [2.24, 2.45) is 0 Å². The number of methoxy groups -OCH3 is 2. The molecule has 0 radical (unpaired) electrons. The first kappa shape index (κ1) is 33.9. The number of nitrogens with zero attached hydrogens (tertiary/aromatic N) is 2. The fourth-order valence-corrected chi connectivity index (χ4v) is 11.4. The van der Waals surface area contributed by atoms with Gasteiger partial charge in [0.15, 0.2) is 40.0 Å². The average Bonchev–Trinajstić information content (AvgIpc) is 3.64. The number of carbonyl (C=O) groups excluding carboxylic acids is 2. The zero-order valence-corrected chi connectivity index (χ0v) is 30.3. The molecule has 0 amide bonds. The lowest BCUT2D eigenvalue weighted by Gasteiger charge is -2.59. The number of rotatable bonds is 4. The van der Waals surface area contributed by atoms with E-state index < -0.39 is 40.9 Å². The molecule has 4 N–H and O–H groups in total. The van der Waals surface area contributed by atoms with Crippen molar-refractivity contribution in [3.05, 3.63) is 62.7 Å². The van der Waals surface area contributed by atoms with Crippen LogP contribution in [0.4, 0.5) is 0 Å². The van der Waals surface area contributed by atoms with E-state index >= 15 is 0 Å². The van der Waals surface area contributed by atoms with Crippen LogP contribution in [-0.4, -0.2) is 85.6 Å². The molecule has 3 aromatic rings. The number of nitrogens with one attached hydrogen (secondary N) is 2. The Morgan fingerprint density at radius 3 is 2.62 bits per heavy atom. The van der Waals surface area contributed by atoms with E-state index in [1.165, 1.54) is 26.0 Å². The Morgan fingerprint density at radius 1 is 1.06 bits per heavy atom. The maximum Gasteiger partial charge on any atom is 0.331 e. The zero-order valence-electron chi connectivity index (χ0n) is 29.5. The lowest BCUT2D eigenvalue weighted by atomic mass is 9.72. The summed E-state index contributed by atoms with van der Waals surface area (Å²) in [5.41, 5.74) is 4.31. The Morgan fingerprint density at radius 2 is 1.87 bits per heavy atom. The maximum absolute atomic E-state index is 14.6. The number of hydrogen-bond donors (Lipinski definition) is 4. The summed E-state index contributed by atoms with van der Waals surface area (Å²) >= 11 is 1.46. The number of phenolic OH excluding ortho intramolecular Hbond substituents is 2. The first-order chi connectivity index (χ1) is 25.7. The quantitative estimate of drug-likeness (QED) is 0.226. The number of nitriles is 1. The van der Waals surface area contributed by atoms with Crippen molar-refractivity contribution in [2.45, 2.75) is 67.7 Å². The molecule has 10 rings (SSSR count). The molecule has 14 nitrogen and oxygen atoms in total. The minimum Gasteiger partial charge on any atom is -0.504 e. The number of aromatic hydroxyl groups is 2. The van der Waals surface area contributed by atoms with Crippen LogP contribution in [0.1, 0.15) is 61.8 Å². The van der Waals surface area contributed by atoms with Crippen molar-refractivity contribution >= 4 is 24.2 Å². The molecule has 7 aliphatic rings. The number of benzene rings is 3. The summed E-state index contributed by atoms with van der Waals surface area (Å²) in [4.78, 5) is 29.0. The summed E-state index contributed by atoms with van der Waals surface area (Å²) in [7, 11) is 2.98. The molecule has 53 heavy (non-hydrogen) atoms.